The van der Waals surface area contributed by atoms with E-state index in [4.69, 9.17) is 9.47 Å². The van der Waals surface area contributed by atoms with Crippen molar-refractivity contribution < 1.29 is 23.9 Å². The zero-order chi connectivity index (χ0) is 19.3. The zero-order valence-corrected chi connectivity index (χ0v) is 16.3. The molecule has 1 saturated carbocycles. The number of imide groups is 1. The molecule has 6 nitrogen and oxygen atoms in total. The summed E-state index contributed by atoms with van der Waals surface area (Å²) in [7, 11) is 1.64. The van der Waals surface area contributed by atoms with Crippen molar-refractivity contribution >= 4 is 17.6 Å². The van der Waals surface area contributed by atoms with Crippen LogP contribution in [0.5, 0.6) is 0 Å². The van der Waals surface area contributed by atoms with Crippen LogP contribution in [0.15, 0.2) is 12.2 Å². The molecule has 0 aromatic heterocycles. The lowest BCUT2D eigenvalue weighted by atomic mass is 9.85. The predicted octanol–water partition coefficient (Wildman–Crippen LogP) is 1.97. The van der Waals surface area contributed by atoms with Crippen molar-refractivity contribution in [2.75, 3.05) is 20.3 Å². The van der Waals surface area contributed by atoms with Gasteiger partial charge < -0.3 is 9.47 Å². The summed E-state index contributed by atoms with van der Waals surface area (Å²) in [4.78, 5) is 39.3. The Hall–Kier alpha value is -1.53. The van der Waals surface area contributed by atoms with Crippen LogP contribution in [0.3, 0.4) is 0 Å². The highest BCUT2D eigenvalue weighted by Crippen LogP contribution is 2.52. The number of Topliss-reactive ketones (excluding diaryl/α,β-unsaturated/α-hetero) is 1. The molecule has 0 aromatic carbocycles. The van der Waals surface area contributed by atoms with Crippen molar-refractivity contribution in [1.82, 2.24) is 4.90 Å². The van der Waals surface area contributed by atoms with Gasteiger partial charge in [-0.05, 0) is 52.4 Å². The van der Waals surface area contributed by atoms with Crippen LogP contribution in [0.1, 0.15) is 40.5 Å². The van der Waals surface area contributed by atoms with Crippen LogP contribution in [0.25, 0.3) is 0 Å². The number of fused-ring (bicyclic) bond motifs is 5. The lowest BCUT2D eigenvalue weighted by Gasteiger charge is -2.29. The highest BCUT2D eigenvalue weighted by atomic mass is 16.5. The molecular formula is C20H29NO5. The average molecular weight is 363 g/mol. The van der Waals surface area contributed by atoms with Gasteiger partial charge in [0.15, 0.2) is 5.78 Å². The van der Waals surface area contributed by atoms with E-state index in [1.54, 1.807) is 21.0 Å². The molecule has 0 aromatic rings. The molecule has 3 aliphatic rings. The number of methoxy groups -OCH3 is 1. The standard InChI is InChI=1S/C20H29NO5/c1-19(2,25-5)8-9-26-20(3,4)14(22)11-21-17(23)15-12-6-7-13(10-12)16(15)18(21)24/h6-7,12-13,15-16H,8-11H2,1-5H3. The molecule has 3 rings (SSSR count). The molecule has 0 spiro atoms. The van der Waals surface area contributed by atoms with E-state index in [0.717, 1.165) is 11.3 Å². The molecule has 4 atom stereocenters. The van der Waals surface area contributed by atoms with Gasteiger partial charge in [0.2, 0.25) is 11.8 Å². The number of amides is 2. The first-order valence-electron chi connectivity index (χ1n) is 9.33. The predicted molar refractivity (Wildman–Crippen MR) is 95.2 cm³/mol. The number of hydrogen-bond donors (Lipinski definition) is 0. The summed E-state index contributed by atoms with van der Waals surface area (Å²) in [6, 6.07) is 0. The van der Waals surface area contributed by atoms with Gasteiger partial charge in [0.05, 0.1) is 30.6 Å². The molecule has 1 aliphatic heterocycles. The Bertz CT molecular complexity index is 621. The van der Waals surface area contributed by atoms with E-state index >= 15 is 0 Å². The van der Waals surface area contributed by atoms with Gasteiger partial charge in [0.1, 0.15) is 5.60 Å². The van der Waals surface area contributed by atoms with Crippen LogP contribution < -0.4 is 0 Å². The van der Waals surface area contributed by atoms with Crippen molar-refractivity contribution in [3.63, 3.8) is 0 Å². The molecule has 144 valence electrons. The third kappa shape index (κ3) is 3.25. The Morgan fingerprint density at radius 2 is 1.65 bits per heavy atom. The fourth-order valence-electron chi connectivity index (χ4n) is 4.19. The highest BCUT2D eigenvalue weighted by Gasteiger charge is 2.59. The number of rotatable bonds is 8. The second kappa shape index (κ2) is 6.57. The first-order chi connectivity index (χ1) is 12.1. The Morgan fingerprint density at radius 3 is 2.15 bits per heavy atom. The lowest BCUT2D eigenvalue weighted by Crippen LogP contribution is -2.46. The van der Waals surface area contributed by atoms with Crippen molar-refractivity contribution in [3.05, 3.63) is 12.2 Å². The number of allylic oxidation sites excluding steroid dienone is 2. The molecule has 4 unspecified atom stereocenters. The third-order valence-corrected chi connectivity index (χ3v) is 6.25. The Kier molecular flexibility index (Phi) is 4.86. The Balaban J connectivity index is 1.59. The quantitative estimate of drug-likeness (QED) is 0.487. The van der Waals surface area contributed by atoms with Gasteiger partial charge in [0, 0.05) is 7.11 Å². The number of likely N-dealkylation sites (tertiary alicyclic amines) is 1. The van der Waals surface area contributed by atoms with Crippen LogP contribution in [-0.2, 0) is 23.9 Å². The molecule has 26 heavy (non-hydrogen) atoms. The summed E-state index contributed by atoms with van der Waals surface area (Å²) in [5, 5.41) is 0. The topological polar surface area (TPSA) is 72.9 Å². The minimum absolute atomic E-state index is 0.155. The molecule has 2 fully saturated rings. The van der Waals surface area contributed by atoms with Crippen LogP contribution >= 0.6 is 0 Å². The second-order valence-corrected chi connectivity index (χ2v) is 8.76. The van der Waals surface area contributed by atoms with E-state index in [-0.39, 0.29) is 53.4 Å². The van der Waals surface area contributed by atoms with Crippen molar-refractivity contribution in [2.45, 2.75) is 51.7 Å². The van der Waals surface area contributed by atoms with Crippen molar-refractivity contribution in [2.24, 2.45) is 23.7 Å². The molecule has 2 amide bonds. The van der Waals surface area contributed by atoms with Crippen molar-refractivity contribution in [1.29, 1.82) is 0 Å². The SMILES string of the molecule is COC(C)(C)CCOC(C)(C)C(=O)CN1C(=O)C2C3C=CC(C3)C2C1=O. The molecule has 2 bridgehead atoms. The van der Waals surface area contributed by atoms with Gasteiger partial charge in [-0.2, -0.15) is 0 Å². The van der Waals surface area contributed by atoms with Gasteiger partial charge in [-0.3, -0.25) is 19.3 Å². The van der Waals surface area contributed by atoms with Crippen LogP contribution in [0.2, 0.25) is 0 Å². The summed E-state index contributed by atoms with van der Waals surface area (Å²) in [5.41, 5.74) is -1.39. The first kappa shape index (κ1) is 19.2. The number of ether oxygens (including phenoxy) is 2. The molecule has 0 N–H and O–H groups in total. The second-order valence-electron chi connectivity index (χ2n) is 8.76. The van der Waals surface area contributed by atoms with E-state index in [1.165, 1.54) is 0 Å². The minimum Gasteiger partial charge on any atom is -0.379 e. The fourth-order valence-corrected chi connectivity index (χ4v) is 4.19. The van der Waals surface area contributed by atoms with E-state index in [2.05, 4.69) is 0 Å². The highest BCUT2D eigenvalue weighted by molar-refractivity contribution is 6.09. The number of hydrogen-bond acceptors (Lipinski definition) is 5. The zero-order valence-electron chi connectivity index (χ0n) is 16.3. The molecular weight excluding hydrogens is 334 g/mol. The maximum Gasteiger partial charge on any atom is 0.234 e. The third-order valence-electron chi connectivity index (χ3n) is 6.25. The van der Waals surface area contributed by atoms with E-state index in [9.17, 15) is 14.4 Å². The molecule has 1 heterocycles. The first-order valence-corrected chi connectivity index (χ1v) is 9.33. The van der Waals surface area contributed by atoms with E-state index in [1.807, 2.05) is 26.0 Å². The van der Waals surface area contributed by atoms with Gasteiger partial charge in [0.25, 0.3) is 0 Å². The van der Waals surface area contributed by atoms with Crippen LogP contribution in [0, 0.1) is 23.7 Å². The van der Waals surface area contributed by atoms with E-state index < -0.39 is 5.60 Å². The van der Waals surface area contributed by atoms with Crippen LogP contribution in [0.4, 0.5) is 0 Å². The molecule has 6 heteroatoms. The largest absolute Gasteiger partial charge is 0.379 e. The average Bonchev–Trinajstić information content (AvgIpc) is 3.24. The minimum atomic E-state index is -1.06. The summed E-state index contributed by atoms with van der Waals surface area (Å²) >= 11 is 0. The fraction of sp³-hybridized carbons (Fsp3) is 0.750. The summed E-state index contributed by atoms with van der Waals surface area (Å²) in [5.74, 6) is -0.865. The molecule has 2 aliphatic carbocycles. The Morgan fingerprint density at radius 1 is 1.12 bits per heavy atom. The Labute approximate surface area is 154 Å². The smallest absolute Gasteiger partial charge is 0.234 e. The molecule has 1 saturated heterocycles. The van der Waals surface area contributed by atoms with Gasteiger partial charge in [-0.25, -0.2) is 0 Å². The summed E-state index contributed by atoms with van der Waals surface area (Å²) < 4.78 is 11.1. The lowest BCUT2D eigenvalue weighted by molar-refractivity contribution is -0.151. The summed E-state index contributed by atoms with van der Waals surface area (Å²) in [6.07, 6.45) is 5.62. The van der Waals surface area contributed by atoms with Crippen molar-refractivity contribution in [3.8, 4) is 0 Å². The van der Waals surface area contributed by atoms with Gasteiger partial charge >= 0.3 is 0 Å². The van der Waals surface area contributed by atoms with E-state index in [0.29, 0.717) is 13.0 Å². The number of nitrogens with zero attached hydrogens (tertiary/aromatic N) is 1. The van der Waals surface area contributed by atoms with Gasteiger partial charge in [-0.15, -0.1) is 0 Å². The molecule has 0 radical (unpaired) electrons. The maximum atomic E-state index is 12.7. The maximum absolute atomic E-state index is 12.7. The van der Waals surface area contributed by atoms with Gasteiger partial charge in [-0.1, -0.05) is 12.2 Å². The number of carbonyl (C=O) groups is 3. The monoisotopic (exact) mass is 363 g/mol. The number of ketones is 1. The summed E-state index contributed by atoms with van der Waals surface area (Å²) in [6.45, 7) is 7.44. The normalized spacial score (nSPS) is 30.4. The number of carbonyl (C=O) groups excluding carboxylic acids is 3. The van der Waals surface area contributed by atoms with Crippen LogP contribution in [-0.4, -0.2) is 54.0 Å².